The maximum atomic E-state index is 6.08. The minimum absolute atomic E-state index is 0. The fraction of sp³-hybridized carbons (Fsp3) is 0.435. The topological polar surface area (TPSA) is 62.9 Å². The quantitative estimate of drug-likeness (QED) is 0.322. The molecular formula is C23H33IN4O. The lowest BCUT2D eigenvalue weighted by Crippen LogP contribution is -2.36. The molecule has 158 valence electrons. The lowest BCUT2D eigenvalue weighted by atomic mass is 10.0. The monoisotopic (exact) mass is 508 g/mol. The van der Waals surface area contributed by atoms with E-state index in [0.29, 0.717) is 25.2 Å². The molecule has 1 heterocycles. The molecule has 0 radical (unpaired) electrons. The van der Waals surface area contributed by atoms with Crippen molar-refractivity contribution >= 4 is 35.6 Å². The molecule has 1 atom stereocenters. The van der Waals surface area contributed by atoms with Crippen LogP contribution in [-0.2, 0) is 24.4 Å². The second-order valence-electron chi connectivity index (χ2n) is 7.55. The number of halogens is 1. The summed E-state index contributed by atoms with van der Waals surface area (Å²) in [4.78, 5) is 7.06. The van der Waals surface area contributed by atoms with E-state index in [1.807, 2.05) is 24.3 Å². The zero-order chi connectivity index (χ0) is 19.8. The molecule has 0 bridgehead atoms. The van der Waals surface area contributed by atoms with Gasteiger partial charge in [0.25, 0.3) is 0 Å². The summed E-state index contributed by atoms with van der Waals surface area (Å²) in [6, 6.07) is 17.4. The lowest BCUT2D eigenvalue weighted by Gasteiger charge is -2.33. The Labute approximate surface area is 191 Å². The molecule has 29 heavy (non-hydrogen) atoms. The van der Waals surface area contributed by atoms with Gasteiger partial charge in [0.05, 0.1) is 13.2 Å². The van der Waals surface area contributed by atoms with Crippen LogP contribution in [0.5, 0.6) is 0 Å². The summed E-state index contributed by atoms with van der Waals surface area (Å²) in [6.07, 6.45) is 3.99. The third kappa shape index (κ3) is 7.28. The molecule has 0 saturated carbocycles. The van der Waals surface area contributed by atoms with Crippen molar-refractivity contribution < 1.29 is 4.74 Å². The van der Waals surface area contributed by atoms with Crippen LogP contribution < -0.4 is 11.1 Å². The predicted octanol–water partition coefficient (Wildman–Crippen LogP) is 4.75. The first-order valence-corrected chi connectivity index (χ1v) is 10.1. The number of nitrogens with two attached hydrogens (primary N) is 1. The van der Waals surface area contributed by atoms with Gasteiger partial charge in [0.1, 0.15) is 0 Å². The number of nitrogens with one attached hydrogen (secondary N) is 1. The zero-order valence-electron chi connectivity index (χ0n) is 17.4. The summed E-state index contributed by atoms with van der Waals surface area (Å²) in [7, 11) is 1.68. The van der Waals surface area contributed by atoms with Crippen molar-refractivity contribution in [1.82, 2.24) is 4.90 Å². The molecule has 6 heteroatoms. The number of hydrogen-bond donors (Lipinski definition) is 2. The number of para-hydroxylation sites is 1. The Bertz CT molecular complexity index is 779. The number of ether oxygens (including phenoxy) is 1. The number of methoxy groups -OCH3 is 1. The van der Waals surface area contributed by atoms with Crippen molar-refractivity contribution in [3.05, 3.63) is 65.2 Å². The molecule has 1 saturated heterocycles. The average Bonchev–Trinajstić information content (AvgIpc) is 2.71. The molecule has 0 spiro atoms. The maximum absolute atomic E-state index is 6.08. The van der Waals surface area contributed by atoms with Gasteiger partial charge in [-0.3, -0.25) is 4.90 Å². The van der Waals surface area contributed by atoms with Crippen LogP contribution in [0.25, 0.3) is 0 Å². The van der Waals surface area contributed by atoms with E-state index in [9.17, 15) is 0 Å². The van der Waals surface area contributed by atoms with Crippen LogP contribution in [0.1, 0.15) is 42.9 Å². The first-order chi connectivity index (χ1) is 13.7. The number of nitrogens with zero attached hydrogens (tertiary/aromatic N) is 2. The van der Waals surface area contributed by atoms with Crippen molar-refractivity contribution in [2.75, 3.05) is 19.0 Å². The summed E-state index contributed by atoms with van der Waals surface area (Å²) < 4.78 is 5.23. The standard InChI is InChI=1S/C23H32N4O.HI/c1-18-7-5-6-14-27(18)16-20-12-10-19(11-13-20)15-25-23(24)26-22-9-4-3-8-21(22)17-28-2;/h3-4,8-13,18H,5-7,14-17H2,1-2H3,(H3,24,25,26);1H. The second-order valence-corrected chi connectivity index (χ2v) is 7.55. The molecule has 0 amide bonds. The normalized spacial score (nSPS) is 17.6. The Morgan fingerprint density at radius 3 is 2.59 bits per heavy atom. The van der Waals surface area contributed by atoms with Crippen molar-refractivity contribution in [3.8, 4) is 0 Å². The fourth-order valence-electron chi connectivity index (χ4n) is 3.65. The molecule has 1 aliphatic heterocycles. The van der Waals surface area contributed by atoms with E-state index in [2.05, 4.69) is 46.4 Å². The van der Waals surface area contributed by atoms with E-state index in [-0.39, 0.29) is 24.0 Å². The van der Waals surface area contributed by atoms with Crippen LogP contribution in [0.2, 0.25) is 0 Å². The summed E-state index contributed by atoms with van der Waals surface area (Å²) in [5.74, 6) is 0.412. The van der Waals surface area contributed by atoms with Crippen LogP contribution >= 0.6 is 24.0 Å². The second kappa shape index (κ2) is 12.1. The van der Waals surface area contributed by atoms with E-state index in [1.54, 1.807) is 7.11 Å². The Hall–Kier alpha value is -1.64. The fourth-order valence-corrected chi connectivity index (χ4v) is 3.65. The number of rotatable bonds is 7. The SMILES string of the molecule is COCc1ccccc1NC(N)=NCc1ccc(CN2CCCCC2C)cc1.I. The first-order valence-electron chi connectivity index (χ1n) is 10.1. The van der Waals surface area contributed by atoms with Crippen LogP contribution in [0.3, 0.4) is 0 Å². The van der Waals surface area contributed by atoms with Gasteiger partial charge in [-0.25, -0.2) is 4.99 Å². The molecule has 0 aromatic heterocycles. The van der Waals surface area contributed by atoms with Crippen LogP contribution in [0, 0.1) is 0 Å². The number of anilines is 1. The highest BCUT2D eigenvalue weighted by molar-refractivity contribution is 14.0. The Morgan fingerprint density at radius 2 is 1.86 bits per heavy atom. The zero-order valence-corrected chi connectivity index (χ0v) is 19.8. The van der Waals surface area contributed by atoms with Crippen LogP contribution in [-0.4, -0.2) is 30.6 Å². The molecule has 3 N–H and O–H groups in total. The largest absolute Gasteiger partial charge is 0.380 e. The summed E-state index contributed by atoms with van der Waals surface area (Å²) >= 11 is 0. The van der Waals surface area contributed by atoms with Gasteiger partial charge in [0, 0.05) is 30.9 Å². The summed E-state index contributed by atoms with van der Waals surface area (Å²) in [5, 5.41) is 3.18. The number of benzene rings is 2. The number of guanidine groups is 1. The molecule has 1 unspecified atom stereocenters. The number of likely N-dealkylation sites (tertiary alicyclic amines) is 1. The molecule has 5 nitrogen and oxygen atoms in total. The molecule has 2 aromatic rings. The number of piperidine rings is 1. The van der Waals surface area contributed by atoms with E-state index in [0.717, 1.165) is 23.4 Å². The molecule has 2 aromatic carbocycles. The van der Waals surface area contributed by atoms with Gasteiger partial charge >= 0.3 is 0 Å². The summed E-state index contributed by atoms with van der Waals surface area (Å²) in [5.41, 5.74) is 10.6. The van der Waals surface area contributed by atoms with Gasteiger partial charge in [0.15, 0.2) is 5.96 Å². The number of hydrogen-bond acceptors (Lipinski definition) is 3. The van der Waals surface area contributed by atoms with Crippen LogP contribution in [0.15, 0.2) is 53.5 Å². The van der Waals surface area contributed by atoms with Gasteiger partial charge < -0.3 is 15.8 Å². The summed E-state index contributed by atoms with van der Waals surface area (Å²) in [6.45, 7) is 5.67. The van der Waals surface area contributed by atoms with Crippen molar-refractivity contribution in [2.24, 2.45) is 10.7 Å². The average molecular weight is 508 g/mol. The maximum Gasteiger partial charge on any atom is 0.193 e. The lowest BCUT2D eigenvalue weighted by molar-refractivity contribution is 0.152. The third-order valence-corrected chi connectivity index (χ3v) is 5.36. The van der Waals surface area contributed by atoms with Crippen molar-refractivity contribution in [2.45, 2.75) is 51.9 Å². The Morgan fingerprint density at radius 1 is 1.14 bits per heavy atom. The van der Waals surface area contributed by atoms with Crippen molar-refractivity contribution in [3.63, 3.8) is 0 Å². The minimum Gasteiger partial charge on any atom is -0.380 e. The van der Waals surface area contributed by atoms with Crippen molar-refractivity contribution in [1.29, 1.82) is 0 Å². The minimum atomic E-state index is 0. The molecule has 1 fully saturated rings. The van der Waals surface area contributed by atoms with Gasteiger partial charge in [-0.15, -0.1) is 24.0 Å². The van der Waals surface area contributed by atoms with Gasteiger partial charge in [-0.2, -0.15) is 0 Å². The Balaban J connectivity index is 0.00000300. The molecule has 1 aliphatic rings. The smallest absolute Gasteiger partial charge is 0.193 e. The van der Waals surface area contributed by atoms with E-state index >= 15 is 0 Å². The Kier molecular flexibility index (Phi) is 9.90. The van der Waals surface area contributed by atoms with E-state index in [1.165, 1.54) is 31.4 Å². The van der Waals surface area contributed by atoms with Crippen LogP contribution in [0.4, 0.5) is 5.69 Å². The predicted molar refractivity (Wildman–Crippen MR) is 132 cm³/mol. The third-order valence-electron chi connectivity index (χ3n) is 5.36. The molecular weight excluding hydrogens is 475 g/mol. The van der Waals surface area contributed by atoms with Gasteiger partial charge in [0.2, 0.25) is 0 Å². The van der Waals surface area contributed by atoms with Gasteiger partial charge in [-0.05, 0) is 43.5 Å². The van der Waals surface area contributed by atoms with E-state index in [4.69, 9.17) is 10.5 Å². The highest BCUT2D eigenvalue weighted by atomic mass is 127. The van der Waals surface area contributed by atoms with E-state index < -0.39 is 0 Å². The molecule has 3 rings (SSSR count). The first kappa shape index (κ1) is 23.6. The van der Waals surface area contributed by atoms with Gasteiger partial charge in [-0.1, -0.05) is 48.9 Å². The molecule has 0 aliphatic carbocycles. The number of aliphatic imine (C=N–C) groups is 1. The highest BCUT2D eigenvalue weighted by Crippen LogP contribution is 2.19. The highest BCUT2D eigenvalue weighted by Gasteiger charge is 2.17.